The van der Waals surface area contributed by atoms with Crippen LogP contribution in [0, 0.1) is 17.8 Å². The predicted molar refractivity (Wildman–Crippen MR) is 152 cm³/mol. The molecule has 0 amide bonds. The Bertz CT molecular complexity index is 617. The molecule has 7 nitrogen and oxygen atoms in total. The highest BCUT2D eigenvalue weighted by Crippen LogP contribution is 2.22. The van der Waals surface area contributed by atoms with E-state index in [-0.39, 0.29) is 0 Å². The van der Waals surface area contributed by atoms with Gasteiger partial charge in [0.05, 0.1) is 38.0 Å². The molecule has 0 radical (unpaired) electrons. The number of rotatable bonds is 26. The lowest BCUT2D eigenvalue weighted by molar-refractivity contribution is -0.929. The summed E-state index contributed by atoms with van der Waals surface area (Å²) >= 11 is 0. The van der Waals surface area contributed by atoms with Gasteiger partial charge in [0.1, 0.15) is 0 Å². The molecule has 0 aromatic heterocycles. The van der Waals surface area contributed by atoms with E-state index in [1.54, 1.807) is 20.8 Å². The molecule has 0 heterocycles. The van der Waals surface area contributed by atoms with Crippen LogP contribution in [0.4, 0.5) is 0 Å². The molecule has 222 valence electrons. The summed E-state index contributed by atoms with van der Waals surface area (Å²) in [5.41, 5.74) is 0. The predicted octanol–water partition coefficient (Wildman–Crippen LogP) is 6.06. The normalized spacial score (nSPS) is 15.7. The average Bonchev–Trinajstić information content (AvgIpc) is 2.88. The van der Waals surface area contributed by atoms with Gasteiger partial charge in [-0.05, 0) is 32.6 Å². The van der Waals surface area contributed by atoms with Crippen LogP contribution in [0.3, 0.4) is 0 Å². The van der Waals surface area contributed by atoms with Gasteiger partial charge in [-0.2, -0.15) is 0 Å². The molecule has 38 heavy (non-hydrogen) atoms. The highest BCUT2D eigenvalue weighted by Gasteiger charge is 2.30. The maximum Gasteiger partial charge on any atom is 0.306 e. The maximum absolute atomic E-state index is 11.5. The summed E-state index contributed by atoms with van der Waals surface area (Å²) in [4.78, 5) is 34.3. The summed E-state index contributed by atoms with van der Waals surface area (Å²) in [5, 5.41) is 30.1. The molecule has 0 aliphatic carbocycles. The molecule has 0 aromatic rings. The van der Waals surface area contributed by atoms with Crippen molar-refractivity contribution in [3.63, 3.8) is 0 Å². The number of hydrogen-bond acceptors (Lipinski definition) is 4. The Labute approximate surface area is 232 Å². The van der Waals surface area contributed by atoms with Gasteiger partial charge < -0.3 is 24.6 Å². The van der Waals surface area contributed by atoms with E-state index in [2.05, 4.69) is 19.1 Å². The van der Waals surface area contributed by atoms with Crippen molar-refractivity contribution in [3.8, 4) is 0 Å². The molecule has 3 unspecified atom stereocenters. The summed E-state index contributed by atoms with van der Waals surface area (Å²) in [6, 6.07) is 0. The number of nitrogens with zero attached hydrogens (tertiary/aromatic N) is 1. The topological polar surface area (TPSA) is 115 Å². The van der Waals surface area contributed by atoms with E-state index in [9.17, 15) is 29.7 Å². The lowest BCUT2D eigenvalue weighted by Gasteiger charge is -2.41. The maximum atomic E-state index is 11.5. The second-order valence-corrected chi connectivity index (χ2v) is 11.5. The van der Waals surface area contributed by atoms with Crippen LogP contribution in [0.5, 0.6) is 0 Å². The smallest absolute Gasteiger partial charge is 0.306 e. The minimum atomic E-state index is -1.07. The van der Waals surface area contributed by atoms with Crippen LogP contribution in [0.2, 0.25) is 0 Å². The molecule has 0 fully saturated rings. The third kappa shape index (κ3) is 18.4. The van der Waals surface area contributed by atoms with Gasteiger partial charge in [-0.3, -0.25) is 9.59 Å². The van der Waals surface area contributed by atoms with Gasteiger partial charge in [0.25, 0.3) is 0 Å². The van der Waals surface area contributed by atoms with Crippen LogP contribution >= 0.6 is 0 Å². The molecular weight excluding hydrogens is 482 g/mol. The van der Waals surface area contributed by atoms with Gasteiger partial charge in [-0.25, -0.2) is 0 Å². The number of carbonyl (C=O) groups is 3. The fourth-order valence-electron chi connectivity index (χ4n) is 4.91. The number of aliphatic carboxylic acids is 3. The molecule has 7 heteroatoms. The Morgan fingerprint density at radius 3 is 1.37 bits per heavy atom. The summed E-state index contributed by atoms with van der Waals surface area (Å²) in [7, 11) is 0. The van der Waals surface area contributed by atoms with E-state index in [0.29, 0.717) is 43.4 Å². The van der Waals surface area contributed by atoms with Crippen LogP contribution in [-0.2, 0) is 14.4 Å². The highest BCUT2D eigenvalue weighted by atomic mass is 16.4. The molecular formula is C31H57NO6. The van der Waals surface area contributed by atoms with E-state index < -0.39 is 35.7 Å². The Balaban J connectivity index is 4.75. The zero-order valence-electron chi connectivity index (χ0n) is 24.8. The van der Waals surface area contributed by atoms with Crippen LogP contribution in [-0.4, -0.2) is 58.8 Å². The minimum absolute atomic E-state index is 0.445. The first-order chi connectivity index (χ1) is 18.0. The summed E-state index contributed by atoms with van der Waals surface area (Å²) < 4.78 is 0.584. The van der Waals surface area contributed by atoms with Crippen molar-refractivity contribution < 1.29 is 34.2 Å². The Kier molecular flexibility index (Phi) is 20.9. The van der Waals surface area contributed by atoms with Crippen molar-refractivity contribution in [2.75, 3.05) is 26.2 Å². The molecule has 0 saturated heterocycles. The molecule has 0 aromatic carbocycles. The van der Waals surface area contributed by atoms with Crippen molar-refractivity contribution in [2.24, 2.45) is 17.8 Å². The minimum Gasteiger partial charge on any atom is -0.550 e. The first-order valence-electron chi connectivity index (χ1n) is 15.2. The molecule has 0 saturated carbocycles. The van der Waals surface area contributed by atoms with Gasteiger partial charge >= 0.3 is 11.9 Å². The van der Waals surface area contributed by atoms with Gasteiger partial charge in [0.15, 0.2) is 0 Å². The van der Waals surface area contributed by atoms with Crippen molar-refractivity contribution in [1.29, 1.82) is 0 Å². The lowest BCUT2D eigenvalue weighted by Crippen LogP contribution is -2.52. The number of carboxylic acids is 3. The number of carbonyl (C=O) groups excluding carboxylic acids is 1. The van der Waals surface area contributed by atoms with Crippen molar-refractivity contribution in [2.45, 2.75) is 124 Å². The van der Waals surface area contributed by atoms with E-state index in [0.717, 1.165) is 25.8 Å². The fourth-order valence-corrected chi connectivity index (χ4v) is 4.91. The highest BCUT2D eigenvalue weighted by molar-refractivity contribution is 5.69. The van der Waals surface area contributed by atoms with Crippen molar-refractivity contribution in [1.82, 2.24) is 0 Å². The van der Waals surface area contributed by atoms with Crippen molar-refractivity contribution >= 4 is 17.9 Å². The van der Waals surface area contributed by atoms with Gasteiger partial charge in [-0.1, -0.05) is 84.3 Å². The van der Waals surface area contributed by atoms with Gasteiger partial charge in [-0.15, -0.1) is 0 Å². The third-order valence-electron chi connectivity index (χ3n) is 8.09. The summed E-state index contributed by atoms with van der Waals surface area (Å²) in [6.07, 6.45) is 20.6. The van der Waals surface area contributed by atoms with E-state index in [4.69, 9.17) is 0 Å². The number of unbranched alkanes of at least 4 members (excludes halogenated alkanes) is 11. The van der Waals surface area contributed by atoms with Gasteiger partial charge in [0, 0.05) is 31.1 Å². The van der Waals surface area contributed by atoms with Crippen LogP contribution in [0.15, 0.2) is 12.2 Å². The zero-order chi connectivity index (χ0) is 28.8. The molecule has 3 atom stereocenters. The number of hydrogen-bond donors (Lipinski definition) is 2. The fraction of sp³-hybridized carbons (Fsp3) is 0.839. The number of allylic oxidation sites excluding steroid dienone is 2. The summed E-state index contributed by atoms with van der Waals surface area (Å²) in [6.45, 7) is 9.78. The van der Waals surface area contributed by atoms with Crippen LogP contribution < -0.4 is 5.11 Å². The first kappa shape index (κ1) is 36.1. The van der Waals surface area contributed by atoms with Crippen LogP contribution in [0.25, 0.3) is 0 Å². The SMILES string of the molecule is C/C=C/CCCCCCCCCCCCC[N+](CCC(C)C(=O)[O-])(CCC(C)C(=O)O)CCC(C)C(=O)O. The molecule has 0 rings (SSSR count). The van der Waals surface area contributed by atoms with Crippen molar-refractivity contribution in [3.05, 3.63) is 12.2 Å². The molecule has 2 N–H and O–H groups in total. The Morgan fingerprint density at radius 1 is 0.632 bits per heavy atom. The van der Waals surface area contributed by atoms with E-state index in [1.807, 2.05) is 0 Å². The second-order valence-electron chi connectivity index (χ2n) is 11.5. The lowest BCUT2D eigenvalue weighted by atomic mass is 10.0. The average molecular weight is 540 g/mol. The van der Waals surface area contributed by atoms with Crippen LogP contribution in [0.1, 0.15) is 124 Å². The third-order valence-corrected chi connectivity index (χ3v) is 8.09. The summed E-state index contributed by atoms with van der Waals surface area (Å²) in [5.74, 6) is -4.31. The largest absolute Gasteiger partial charge is 0.550 e. The van der Waals surface area contributed by atoms with E-state index in [1.165, 1.54) is 57.8 Å². The second kappa shape index (κ2) is 22.0. The molecule has 0 aliphatic rings. The molecule has 0 bridgehead atoms. The van der Waals surface area contributed by atoms with E-state index >= 15 is 0 Å². The monoisotopic (exact) mass is 539 g/mol. The quantitative estimate of drug-likeness (QED) is 0.0784. The Morgan fingerprint density at radius 2 is 1.00 bits per heavy atom. The Hall–Kier alpha value is -1.89. The van der Waals surface area contributed by atoms with Gasteiger partial charge in [0.2, 0.25) is 0 Å². The zero-order valence-corrected chi connectivity index (χ0v) is 24.8. The standard InChI is InChI=1S/C31H57NO6/c1-5-6-7-8-9-10-11-12-13-14-15-16-17-18-22-32(23-19-26(2)29(33)34,24-20-27(3)30(35)36)25-21-28(4)31(37)38/h5-6,26-28H,7-25H2,1-4H3,(H2-,33,34,35,36,37,38)/b6-5+. The molecule has 0 spiro atoms. The first-order valence-corrected chi connectivity index (χ1v) is 15.2. The number of carboxylic acid groups (broad SMARTS) is 3. The number of quaternary nitrogens is 1. The molecule has 0 aliphatic heterocycles.